The molecule has 0 unspecified atom stereocenters. The summed E-state index contributed by atoms with van der Waals surface area (Å²) in [5, 5.41) is 0.485. The van der Waals surface area contributed by atoms with Crippen LogP contribution in [0, 0.1) is 0 Å². The third-order valence-electron chi connectivity index (χ3n) is 4.14. The third-order valence-corrected chi connectivity index (χ3v) is 7.91. The van der Waals surface area contributed by atoms with Gasteiger partial charge in [-0.1, -0.05) is 72.3 Å². The number of rotatable bonds is 6. The molecule has 0 amide bonds. The van der Waals surface area contributed by atoms with Crippen molar-refractivity contribution in [2.75, 3.05) is 0 Å². The first-order valence-corrected chi connectivity index (χ1v) is 9.46. The molecule has 0 saturated carbocycles. The van der Waals surface area contributed by atoms with Gasteiger partial charge in [0, 0.05) is 10.6 Å². The van der Waals surface area contributed by atoms with Crippen LogP contribution in [0.2, 0.25) is 0 Å². The topological polar surface area (TPSA) is 34.1 Å². The molecule has 2 aromatic rings. The summed E-state index contributed by atoms with van der Waals surface area (Å²) in [6, 6.07) is 18.7. The van der Waals surface area contributed by atoms with E-state index in [9.17, 15) is 9.36 Å². The summed E-state index contributed by atoms with van der Waals surface area (Å²) in [6.07, 6.45) is 3.32. The van der Waals surface area contributed by atoms with Crippen LogP contribution < -0.4 is 10.6 Å². The second-order valence-corrected chi connectivity index (χ2v) is 9.51. The van der Waals surface area contributed by atoms with Crippen LogP contribution in [0.5, 0.6) is 0 Å². The van der Waals surface area contributed by atoms with Crippen molar-refractivity contribution in [1.82, 2.24) is 0 Å². The molecule has 3 heteroatoms. The van der Waals surface area contributed by atoms with Crippen LogP contribution in [0.4, 0.5) is 0 Å². The van der Waals surface area contributed by atoms with Gasteiger partial charge in [-0.3, -0.25) is 0 Å². The van der Waals surface area contributed by atoms with Gasteiger partial charge in [-0.05, 0) is 27.2 Å². The summed E-state index contributed by atoms with van der Waals surface area (Å²) in [5.41, 5.74) is 1.12. The van der Waals surface area contributed by atoms with Gasteiger partial charge in [0.1, 0.15) is 6.29 Å². The molecule has 0 aliphatic rings. The molecule has 0 heterocycles. The van der Waals surface area contributed by atoms with Crippen LogP contribution >= 0.6 is 7.14 Å². The van der Waals surface area contributed by atoms with Gasteiger partial charge in [0.2, 0.25) is 0 Å². The van der Waals surface area contributed by atoms with E-state index in [0.717, 1.165) is 22.5 Å². The molecule has 0 radical (unpaired) electrons. The number of allylic oxidation sites excluding steroid dienone is 2. The molecule has 0 spiro atoms. The lowest BCUT2D eigenvalue weighted by molar-refractivity contribution is -0.109. The zero-order valence-corrected chi connectivity index (χ0v) is 14.8. The highest BCUT2D eigenvalue weighted by Crippen LogP contribution is 2.56. The smallest absolute Gasteiger partial charge is 0.155 e. The van der Waals surface area contributed by atoms with Crippen molar-refractivity contribution in [2.45, 2.75) is 32.3 Å². The Morgan fingerprint density at radius 1 is 0.957 bits per heavy atom. The minimum atomic E-state index is -3.11. The van der Waals surface area contributed by atoms with Crippen LogP contribution in [-0.2, 0) is 9.36 Å². The zero-order valence-electron chi connectivity index (χ0n) is 13.9. The van der Waals surface area contributed by atoms with Gasteiger partial charge in [-0.25, -0.2) is 0 Å². The largest absolute Gasteiger partial charge is 0.313 e. The Hall–Kier alpha value is -1.92. The summed E-state index contributed by atoms with van der Waals surface area (Å²) >= 11 is 0. The molecule has 0 aliphatic heterocycles. The van der Waals surface area contributed by atoms with Crippen LogP contribution in [0.25, 0.3) is 0 Å². The molecule has 0 aromatic heterocycles. The second-order valence-electron chi connectivity index (χ2n) is 6.24. The van der Waals surface area contributed by atoms with E-state index >= 15 is 0 Å². The highest BCUT2D eigenvalue weighted by atomic mass is 31.2. The Balaban J connectivity index is 2.70. The first-order chi connectivity index (χ1) is 10.9. The van der Waals surface area contributed by atoms with Gasteiger partial charge < -0.3 is 9.36 Å². The van der Waals surface area contributed by atoms with E-state index in [1.807, 2.05) is 80.6 Å². The van der Waals surface area contributed by atoms with E-state index in [-0.39, 0.29) is 0 Å². The van der Waals surface area contributed by atoms with Crippen LogP contribution in [0.3, 0.4) is 0 Å². The van der Waals surface area contributed by atoms with Crippen molar-refractivity contribution in [1.29, 1.82) is 0 Å². The standard InChI is InChI=1S/C20H23O2P/c1-17(2)14-15-20(3,16-21)23(22,18-10-6-4-7-11-18)19-12-8-5-9-13-19/h4-14,16H,15H2,1-3H3/t20-/m0/s1. The van der Waals surface area contributed by atoms with Crippen LogP contribution in [0.15, 0.2) is 72.3 Å². The van der Waals surface area contributed by atoms with Crippen LogP contribution in [-0.4, -0.2) is 11.4 Å². The first-order valence-electron chi connectivity index (χ1n) is 7.75. The Labute approximate surface area is 138 Å². The van der Waals surface area contributed by atoms with E-state index < -0.39 is 12.3 Å². The maximum atomic E-state index is 14.2. The van der Waals surface area contributed by atoms with Gasteiger partial charge >= 0.3 is 0 Å². The normalized spacial score (nSPS) is 13.9. The molecule has 0 fully saturated rings. The molecule has 2 nitrogen and oxygen atoms in total. The van der Waals surface area contributed by atoms with Crippen LogP contribution in [0.1, 0.15) is 27.2 Å². The predicted molar refractivity (Wildman–Crippen MR) is 98.3 cm³/mol. The first kappa shape index (κ1) is 17.4. The minimum Gasteiger partial charge on any atom is -0.313 e. The molecule has 2 aromatic carbocycles. The van der Waals surface area contributed by atoms with Crippen molar-refractivity contribution in [3.8, 4) is 0 Å². The highest BCUT2D eigenvalue weighted by molar-refractivity contribution is 7.80. The third kappa shape index (κ3) is 3.38. The average molecular weight is 326 g/mol. The average Bonchev–Trinajstić information content (AvgIpc) is 2.60. The van der Waals surface area contributed by atoms with Crippen molar-refractivity contribution in [2.24, 2.45) is 0 Å². The molecule has 0 saturated heterocycles. The molecule has 0 bridgehead atoms. The quantitative estimate of drug-likeness (QED) is 0.450. The Kier molecular flexibility index (Phi) is 5.38. The minimum absolute atomic E-state index is 0.458. The SMILES string of the molecule is CC(C)=CC[C@@](C)(C=O)P(=O)(c1ccccc1)c1ccccc1. The summed E-state index contributed by atoms with van der Waals surface area (Å²) in [4.78, 5) is 12.0. The highest BCUT2D eigenvalue weighted by Gasteiger charge is 2.46. The van der Waals surface area contributed by atoms with Gasteiger partial charge in [0.25, 0.3) is 0 Å². The molecule has 0 aliphatic carbocycles. The number of carbonyl (C=O) groups excluding carboxylic acids is 1. The fraction of sp³-hybridized carbons (Fsp3) is 0.250. The van der Waals surface area contributed by atoms with Crippen molar-refractivity contribution >= 4 is 24.0 Å². The van der Waals surface area contributed by atoms with E-state index in [4.69, 9.17) is 0 Å². The van der Waals surface area contributed by atoms with Gasteiger partial charge in [0.15, 0.2) is 7.14 Å². The van der Waals surface area contributed by atoms with E-state index in [1.54, 1.807) is 6.92 Å². The summed E-state index contributed by atoms with van der Waals surface area (Å²) in [7, 11) is -3.11. The van der Waals surface area contributed by atoms with E-state index in [1.165, 1.54) is 0 Å². The molecule has 23 heavy (non-hydrogen) atoms. The van der Waals surface area contributed by atoms with Gasteiger partial charge in [0.05, 0.1) is 5.16 Å². The second kappa shape index (κ2) is 7.10. The van der Waals surface area contributed by atoms with E-state index in [2.05, 4.69) is 0 Å². The van der Waals surface area contributed by atoms with Crippen molar-refractivity contribution in [3.63, 3.8) is 0 Å². The molecule has 0 N–H and O–H groups in total. The number of hydrogen-bond acceptors (Lipinski definition) is 2. The van der Waals surface area contributed by atoms with Crippen molar-refractivity contribution < 1.29 is 9.36 Å². The fourth-order valence-electron chi connectivity index (χ4n) is 2.68. The summed E-state index contributed by atoms with van der Waals surface area (Å²) in [6.45, 7) is 5.78. The molecular weight excluding hydrogens is 303 g/mol. The monoisotopic (exact) mass is 326 g/mol. The van der Waals surface area contributed by atoms with E-state index in [0.29, 0.717) is 6.42 Å². The van der Waals surface area contributed by atoms with Gasteiger partial charge in [-0.2, -0.15) is 0 Å². The molecule has 1 atom stereocenters. The lowest BCUT2D eigenvalue weighted by atomic mass is 10.1. The Morgan fingerprint density at radius 2 is 1.39 bits per heavy atom. The number of hydrogen-bond donors (Lipinski definition) is 0. The molecule has 120 valence electrons. The lowest BCUT2D eigenvalue weighted by Crippen LogP contribution is -2.36. The van der Waals surface area contributed by atoms with Crippen molar-refractivity contribution in [3.05, 3.63) is 72.3 Å². The molecular formula is C20H23O2P. The summed E-state index contributed by atoms with van der Waals surface area (Å²) < 4.78 is 14.2. The number of aldehydes is 1. The maximum absolute atomic E-state index is 14.2. The lowest BCUT2D eigenvalue weighted by Gasteiger charge is -2.33. The predicted octanol–water partition coefficient (Wildman–Crippen LogP) is 4.31. The van der Waals surface area contributed by atoms with Gasteiger partial charge in [-0.15, -0.1) is 0 Å². The number of carbonyl (C=O) groups is 1. The fourth-order valence-corrected chi connectivity index (χ4v) is 5.84. The zero-order chi connectivity index (χ0) is 16.9. The Bertz CT molecular complexity index is 687. The maximum Gasteiger partial charge on any atom is 0.155 e. The Morgan fingerprint density at radius 3 is 1.74 bits per heavy atom. The number of benzene rings is 2. The molecule has 2 rings (SSSR count). The summed E-state index contributed by atoms with van der Waals surface area (Å²) in [5.74, 6) is 0.